The van der Waals surface area contributed by atoms with E-state index in [1.807, 2.05) is 0 Å². The van der Waals surface area contributed by atoms with Crippen molar-refractivity contribution in [2.75, 3.05) is 26.2 Å². The average Bonchev–Trinajstić information content (AvgIpc) is 2.36. The molecule has 0 radical (unpaired) electrons. The van der Waals surface area contributed by atoms with E-state index in [1.54, 1.807) is 0 Å². The van der Waals surface area contributed by atoms with E-state index >= 15 is 0 Å². The first kappa shape index (κ1) is 17.1. The van der Waals surface area contributed by atoms with E-state index in [0.29, 0.717) is 6.17 Å². The van der Waals surface area contributed by atoms with Crippen molar-refractivity contribution in [3.63, 3.8) is 0 Å². The van der Waals surface area contributed by atoms with E-state index in [-0.39, 0.29) is 9.52 Å². The molecule has 0 aromatic heterocycles. The minimum atomic E-state index is 0.267. The van der Waals surface area contributed by atoms with E-state index in [4.69, 9.17) is 0 Å². The number of nitrogens with zero attached hydrogens (tertiary/aromatic N) is 2. The fraction of sp³-hybridized carbons (Fsp3) is 1.00. The predicted molar refractivity (Wildman–Crippen MR) is 82.7 cm³/mol. The van der Waals surface area contributed by atoms with Gasteiger partial charge in [0.05, 0.1) is 6.17 Å². The maximum Gasteiger partial charge on any atom is 0.0621 e. The summed E-state index contributed by atoms with van der Waals surface area (Å²) in [6.07, 6.45) is 3.50. The lowest BCUT2D eigenvalue weighted by molar-refractivity contribution is 0.0497. The van der Waals surface area contributed by atoms with Crippen LogP contribution in [0.3, 0.4) is 0 Å². The molecule has 3 heteroatoms. The van der Waals surface area contributed by atoms with Crippen LogP contribution in [0.4, 0.5) is 0 Å². The molecule has 0 aromatic carbocycles. The van der Waals surface area contributed by atoms with E-state index in [0.717, 1.165) is 0 Å². The SMILES string of the molecule is CC[SiH2]CCCC(N(CC)CC)N(CC)CC. The van der Waals surface area contributed by atoms with Gasteiger partial charge in [0, 0.05) is 9.52 Å². The molecule has 0 aliphatic rings. The van der Waals surface area contributed by atoms with Crippen molar-refractivity contribution >= 4 is 9.52 Å². The number of rotatable bonds is 11. The molecule has 0 N–H and O–H groups in total. The third-order valence-corrected chi connectivity index (χ3v) is 5.49. The summed E-state index contributed by atoms with van der Waals surface area (Å²) in [5.74, 6) is 0. The molecular weight excluding hydrogens is 224 g/mol. The van der Waals surface area contributed by atoms with Gasteiger partial charge >= 0.3 is 0 Å². The molecule has 0 bridgehead atoms. The molecule has 0 unspecified atom stereocenters. The van der Waals surface area contributed by atoms with Crippen molar-refractivity contribution in [2.24, 2.45) is 0 Å². The fourth-order valence-electron chi connectivity index (χ4n) is 2.64. The molecule has 0 heterocycles. The lowest BCUT2D eigenvalue weighted by Gasteiger charge is -2.38. The first-order chi connectivity index (χ1) is 8.24. The van der Waals surface area contributed by atoms with Gasteiger partial charge in [-0.1, -0.05) is 53.1 Å². The normalized spacial score (nSPS) is 12.7. The maximum atomic E-state index is 2.63. The van der Waals surface area contributed by atoms with Crippen molar-refractivity contribution in [2.45, 2.75) is 65.7 Å². The molecule has 0 aliphatic heterocycles. The Kier molecular flexibility index (Phi) is 11.3. The Morgan fingerprint density at radius 1 is 0.824 bits per heavy atom. The summed E-state index contributed by atoms with van der Waals surface area (Å²) in [5, 5.41) is 0. The lowest BCUT2D eigenvalue weighted by atomic mass is 10.2. The average molecular weight is 259 g/mol. The summed E-state index contributed by atoms with van der Waals surface area (Å²) >= 11 is 0. The maximum absolute atomic E-state index is 2.63. The number of hydrogen-bond acceptors (Lipinski definition) is 2. The highest BCUT2D eigenvalue weighted by Crippen LogP contribution is 2.14. The van der Waals surface area contributed by atoms with Crippen LogP contribution in [-0.2, 0) is 0 Å². The monoisotopic (exact) mass is 258 g/mol. The van der Waals surface area contributed by atoms with Crippen molar-refractivity contribution < 1.29 is 0 Å². The van der Waals surface area contributed by atoms with Gasteiger partial charge in [-0.3, -0.25) is 9.80 Å². The second-order valence-electron chi connectivity index (χ2n) is 4.77. The summed E-state index contributed by atoms with van der Waals surface area (Å²) in [6, 6.07) is 3.01. The molecule has 0 saturated heterocycles. The first-order valence-corrected chi connectivity index (χ1v) is 9.73. The molecule has 0 amide bonds. The largest absolute Gasteiger partial charge is 0.288 e. The van der Waals surface area contributed by atoms with E-state index < -0.39 is 0 Å². The van der Waals surface area contributed by atoms with E-state index in [9.17, 15) is 0 Å². The Bertz CT molecular complexity index is 144. The highest BCUT2D eigenvalue weighted by Gasteiger charge is 2.20. The van der Waals surface area contributed by atoms with Crippen molar-refractivity contribution in [1.29, 1.82) is 0 Å². The second-order valence-corrected chi connectivity index (χ2v) is 7.19. The van der Waals surface area contributed by atoms with Gasteiger partial charge in [0.1, 0.15) is 0 Å². The molecule has 0 aromatic rings. The van der Waals surface area contributed by atoms with Gasteiger partial charge in [0.2, 0.25) is 0 Å². The van der Waals surface area contributed by atoms with Crippen LogP contribution in [0.5, 0.6) is 0 Å². The smallest absolute Gasteiger partial charge is 0.0621 e. The standard InChI is InChI=1S/C14H34N2Si/c1-6-15(7-2)14(16(8-3)9-4)12-11-13-17-10-5/h14H,6-13,17H2,1-5H3. The molecule has 0 spiro atoms. The Morgan fingerprint density at radius 3 is 1.65 bits per heavy atom. The lowest BCUT2D eigenvalue weighted by Crippen LogP contribution is -2.48. The van der Waals surface area contributed by atoms with Crippen molar-refractivity contribution in [1.82, 2.24) is 9.80 Å². The Morgan fingerprint density at radius 2 is 1.29 bits per heavy atom. The van der Waals surface area contributed by atoms with Gasteiger partial charge in [-0.25, -0.2) is 0 Å². The van der Waals surface area contributed by atoms with Crippen molar-refractivity contribution in [3.05, 3.63) is 0 Å². The van der Waals surface area contributed by atoms with Gasteiger partial charge in [-0.05, 0) is 32.6 Å². The zero-order valence-electron chi connectivity index (χ0n) is 12.8. The predicted octanol–water partition coefficient (Wildman–Crippen LogP) is 2.80. The molecular formula is C14H34N2Si. The van der Waals surface area contributed by atoms with Gasteiger partial charge < -0.3 is 0 Å². The van der Waals surface area contributed by atoms with Crippen LogP contribution in [0.1, 0.15) is 47.5 Å². The second kappa shape index (κ2) is 11.2. The minimum absolute atomic E-state index is 0.267. The highest BCUT2D eigenvalue weighted by atomic mass is 28.2. The van der Waals surface area contributed by atoms with Gasteiger partial charge in [0.25, 0.3) is 0 Å². The summed E-state index contributed by atoms with van der Waals surface area (Å²) in [4.78, 5) is 5.25. The zero-order valence-corrected chi connectivity index (χ0v) is 14.2. The third kappa shape index (κ3) is 6.58. The van der Waals surface area contributed by atoms with E-state index in [1.165, 1.54) is 51.1 Å². The zero-order chi connectivity index (χ0) is 13.1. The summed E-state index contributed by atoms with van der Waals surface area (Å²) in [5.41, 5.74) is 0. The Labute approximate surface area is 112 Å². The molecule has 0 saturated carbocycles. The van der Waals surface area contributed by atoms with Gasteiger partial charge in [0.15, 0.2) is 0 Å². The quantitative estimate of drug-likeness (QED) is 0.319. The summed E-state index contributed by atoms with van der Waals surface area (Å²) in [6.45, 7) is 16.2. The van der Waals surface area contributed by atoms with E-state index in [2.05, 4.69) is 44.4 Å². The Balaban J connectivity index is 4.27. The van der Waals surface area contributed by atoms with Crippen LogP contribution in [0.25, 0.3) is 0 Å². The van der Waals surface area contributed by atoms with Crippen molar-refractivity contribution in [3.8, 4) is 0 Å². The first-order valence-electron chi connectivity index (χ1n) is 7.73. The van der Waals surface area contributed by atoms with Crippen LogP contribution in [0.15, 0.2) is 0 Å². The molecule has 2 nitrogen and oxygen atoms in total. The summed E-state index contributed by atoms with van der Waals surface area (Å²) < 4.78 is 0. The topological polar surface area (TPSA) is 6.48 Å². The van der Waals surface area contributed by atoms with Crippen LogP contribution < -0.4 is 0 Å². The highest BCUT2D eigenvalue weighted by molar-refractivity contribution is 6.35. The molecule has 0 aliphatic carbocycles. The number of hydrogen-bond donors (Lipinski definition) is 0. The minimum Gasteiger partial charge on any atom is -0.288 e. The molecule has 0 atom stereocenters. The van der Waals surface area contributed by atoms with Crippen LogP contribution in [-0.4, -0.2) is 51.7 Å². The Hall–Kier alpha value is 0.137. The van der Waals surface area contributed by atoms with Crippen LogP contribution in [0, 0.1) is 0 Å². The van der Waals surface area contributed by atoms with Crippen LogP contribution in [0.2, 0.25) is 12.1 Å². The fourth-order valence-corrected chi connectivity index (χ4v) is 3.78. The van der Waals surface area contributed by atoms with Gasteiger partial charge in [-0.15, -0.1) is 0 Å². The molecule has 0 fully saturated rings. The van der Waals surface area contributed by atoms with Gasteiger partial charge in [-0.2, -0.15) is 0 Å². The van der Waals surface area contributed by atoms with Crippen LogP contribution >= 0.6 is 0 Å². The molecule has 0 rings (SSSR count). The molecule has 104 valence electrons. The third-order valence-electron chi connectivity index (χ3n) is 3.78. The molecule has 17 heavy (non-hydrogen) atoms. The summed E-state index contributed by atoms with van der Waals surface area (Å²) in [7, 11) is 0.267.